The third kappa shape index (κ3) is 4.43. The first kappa shape index (κ1) is 20.9. The van der Waals surface area contributed by atoms with Gasteiger partial charge in [0.15, 0.2) is 5.69 Å². The van der Waals surface area contributed by atoms with Crippen LogP contribution in [0, 0.1) is 0 Å². The lowest BCUT2D eigenvalue weighted by atomic mass is 10.1. The van der Waals surface area contributed by atoms with E-state index >= 15 is 0 Å². The second-order valence-electron chi connectivity index (χ2n) is 5.93. The van der Waals surface area contributed by atoms with E-state index in [9.17, 15) is 34.8 Å². The van der Waals surface area contributed by atoms with Crippen molar-refractivity contribution in [1.29, 1.82) is 0 Å². The van der Waals surface area contributed by atoms with Gasteiger partial charge >= 0.3 is 12.4 Å². The van der Waals surface area contributed by atoms with Gasteiger partial charge in [0.2, 0.25) is 10.0 Å². The van der Waals surface area contributed by atoms with Crippen LogP contribution < -0.4 is 5.14 Å². The number of nitrogens with zero attached hydrogens (tertiary/aromatic N) is 2. The van der Waals surface area contributed by atoms with Crippen LogP contribution in [0.1, 0.15) is 11.3 Å². The third-order valence-corrected chi connectivity index (χ3v) is 4.84. The van der Waals surface area contributed by atoms with Crippen LogP contribution in [0.2, 0.25) is 0 Å². The summed E-state index contributed by atoms with van der Waals surface area (Å²) in [4.78, 5) is 3.25. The van der Waals surface area contributed by atoms with Gasteiger partial charge in [0.1, 0.15) is 5.82 Å². The molecule has 2 aromatic carbocycles. The fraction of sp³-hybridized carbons (Fsp3) is 0.118. The zero-order chi connectivity index (χ0) is 21.6. The van der Waals surface area contributed by atoms with Gasteiger partial charge in [0.05, 0.1) is 10.5 Å². The van der Waals surface area contributed by atoms with Gasteiger partial charge in [-0.1, -0.05) is 12.1 Å². The molecule has 5 nitrogen and oxygen atoms in total. The van der Waals surface area contributed by atoms with E-state index in [1.54, 1.807) is 0 Å². The smallest absolute Gasteiger partial charge is 0.299 e. The minimum absolute atomic E-state index is 0.00372. The van der Waals surface area contributed by atoms with Crippen LogP contribution in [0.4, 0.5) is 26.3 Å². The average molecular weight is 435 g/mol. The summed E-state index contributed by atoms with van der Waals surface area (Å²) in [7, 11) is -4.01. The summed E-state index contributed by atoms with van der Waals surface area (Å²) >= 11 is 0. The molecule has 0 aliphatic rings. The van der Waals surface area contributed by atoms with Gasteiger partial charge < -0.3 is 0 Å². The number of rotatable bonds is 3. The van der Waals surface area contributed by atoms with Crippen LogP contribution in [-0.4, -0.2) is 18.0 Å². The summed E-state index contributed by atoms with van der Waals surface area (Å²) in [5.74, 6) is -0.269. The number of benzene rings is 2. The third-order valence-electron chi connectivity index (χ3n) is 3.91. The molecular formula is C17H11F6N3O2S. The van der Waals surface area contributed by atoms with Crippen molar-refractivity contribution in [2.75, 3.05) is 0 Å². The number of hydrogen-bond donors (Lipinski definition) is 1. The standard InChI is InChI=1S/C17H11F6N3O2S/c18-16(19,20)11-3-1-10(2-4-11)15-25-14(17(21,22)23)9-26(15)12-5-7-13(8-6-12)29(24,27)28/h1-9H,(H2,24,27,28). The molecule has 0 aliphatic heterocycles. The first-order valence-corrected chi connectivity index (χ1v) is 9.29. The Morgan fingerprint density at radius 3 is 1.83 bits per heavy atom. The van der Waals surface area contributed by atoms with E-state index in [0.29, 0.717) is 6.20 Å². The molecule has 0 aliphatic carbocycles. The molecule has 0 saturated carbocycles. The number of halogens is 6. The molecule has 0 fully saturated rings. The Balaban J connectivity index is 2.13. The van der Waals surface area contributed by atoms with Crippen LogP contribution in [0.15, 0.2) is 59.6 Å². The highest BCUT2D eigenvalue weighted by Gasteiger charge is 2.35. The molecule has 0 spiro atoms. The first-order valence-electron chi connectivity index (χ1n) is 7.74. The maximum Gasteiger partial charge on any atom is 0.434 e. The molecule has 0 amide bonds. The van der Waals surface area contributed by atoms with Crippen LogP contribution >= 0.6 is 0 Å². The van der Waals surface area contributed by atoms with E-state index in [4.69, 9.17) is 5.14 Å². The maximum absolute atomic E-state index is 13.1. The molecule has 3 rings (SSSR count). The summed E-state index contributed by atoms with van der Waals surface area (Å²) in [5, 5.41) is 4.99. The van der Waals surface area contributed by atoms with Crippen molar-refractivity contribution < 1.29 is 34.8 Å². The van der Waals surface area contributed by atoms with Crippen LogP contribution in [0.25, 0.3) is 17.1 Å². The highest BCUT2D eigenvalue weighted by atomic mass is 32.2. The Morgan fingerprint density at radius 1 is 0.828 bits per heavy atom. The Kier molecular flexibility index (Phi) is 4.95. The van der Waals surface area contributed by atoms with E-state index in [-0.39, 0.29) is 22.0 Å². The molecule has 1 aromatic heterocycles. The van der Waals surface area contributed by atoms with Gasteiger partial charge in [-0.05, 0) is 36.4 Å². The zero-order valence-electron chi connectivity index (χ0n) is 14.2. The van der Waals surface area contributed by atoms with Crippen LogP contribution in [0.5, 0.6) is 0 Å². The minimum atomic E-state index is -4.80. The van der Waals surface area contributed by atoms with Gasteiger partial charge in [-0.3, -0.25) is 4.57 Å². The molecule has 1 heterocycles. The number of aromatic nitrogens is 2. The van der Waals surface area contributed by atoms with E-state index < -0.39 is 33.6 Å². The monoisotopic (exact) mass is 435 g/mol. The summed E-state index contributed by atoms with van der Waals surface area (Å²) < 4.78 is 101. The van der Waals surface area contributed by atoms with E-state index in [2.05, 4.69) is 4.98 Å². The molecule has 29 heavy (non-hydrogen) atoms. The SMILES string of the molecule is NS(=O)(=O)c1ccc(-n2cc(C(F)(F)F)nc2-c2ccc(C(F)(F)F)cc2)cc1. The van der Waals surface area contributed by atoms with Gasteiger partial charge in [-0.2, -0.15) is 26.3 Å². The average Bonchev–Trinajstić information content (AvgIpc) is 3.06. The second kappa shape index (κ2) is 6.88. The fourth-order valence-corrected chi connectivity index (χ4v) is 3.04. The van der Waals surface area contributed by atoms with E-state index in [1.165, 1.54) is 12.1 Å². The summed E-state index contributed by atoms with van der Waals surface area (Å²) in [6, 6.07) is 8.05. The number of nitrogens with two attached hydrogens (primary N) is 1. The summed E-state index contributed by atoms with van der Waals surface area (Å²) in [5.41, 5.74) is -2.12. The Labute approximate surface area is 160 Å². The highest BCUT2D eigenvalue weighted by Crippen LogP contribution is 2.34. The van der Waals surface area contributed by atoms with Crippen molar-refractivity contribution in [3.8, 4) is 17.1 Å². The minimum Gasteiger partial charge on any atom is -0.299 e. The van der Waals surface area contributed by atoms with Crippen molar-refractivity contribution in [1.82, 2.24) is 9.55 Å². The first-order chi connectivity index (χ1) is 13.3. The van der Waals surface area contributed by atoms with Gasteiger partial charge in [0, 0.05) is 17.4 Å². The predicted molar refractivity (Wildman–Crippen MR) is 90.4 cm³/mol. The number of hydrogen-bond acceptors (Lipinski definition) is 3. The van der Waals surface area contributed by atoms with Crippen LogP contribution in [-0.2, 0) is 22.4 Å². The fourth-order valence-electron chi connectivity index (χ4n) is 2.52. The number of primary sulfonamides is 1. The molecule has 0 atom stereocenters. The van der Waals surface area contributed by atoms with Crippen molar-refractivity contribution in [2.45, 2.75) is 17.2 Å². The molecule has 2 N–H and O–H groups in total. The van der Waals surface area contributed by atoms with Crippen molar-refractivity contribution in [2.24, 2.45) is 5.14 Å². The molecule has 0 radical (unpaired) electrons. The lowest BCUT2D eigenvalue weighted by Crippen LogP contribution is -2.12. The number of sulfonamides is 1. The molecule has 0 saturated heterocycles. The number of alkyl halides is 6. The summed E-state index contributed by atoms with van der Waals surface area (Å²) in [6.07, 6.45) is -8.74. The van der Waals surface area contributed by atoms with Crippen molar-refractivity contribution in [3.05, 3.63) is 66.0 Å². The predicted octanol–water partition coefficient (Wildman–Crippen LogP) is 4.22. The topological polar surface area (TPSA) is 78.0 Å². The summed E-state index contributed by atoms with van der Waals surface area (Å²) in [6.45, 7) is 0. The van der Waals surface area contributed by atoms with Gasteiger partial charge in [0.25, 0.3) is 0 Å². The van der Waals surface area contributed by atoms with Crippen molar-refractivity contribution >= 4 is 10.0 Å². The van der Waals surface area contributed by atoms with E-state index in [0.717, 1.165) is 41.0 Å². The molecule has 0 unspecified atom stereocenters. The highest BCUT2D eigenvalue weighted by molar-refractivity contribution is 7.89. The lowest BCUT2D eigenvalue weighted by molar-refractivity contribution is -0.141. The molecular weight excluding hydrogens is 424 g/mol. The molecule has 154 valence electrons. The number of imidazole rings is 1. The Bertz CT molecular complexity index is 1130. The Hall–Kier alpha value is -2.86. The zero-order valence-corrected chi connectivity index (χ0v) is 15.0. The van der Waals surface area contributed by atoms with Crippen LogP contribution in [0.3, 0.4) is 0 Å². The normalized spacial score (nSPS) is 12.9. The van der Waals surface area contributed by atoms with E-state index in [1.807, 2.05) is 0 Å². The second-order valence-corrected chi connectivity index (χ2v) is 7.49. The molecule has 0 bridgehead atoms. The quantitative estimate of drug-likeness (QED) is 0.626. The largest absolute Gasteiger partial charge is 0.434 e. The van der Waals surface area contributed by atoms with Gasteiger partial charge in [-0.25, -0.2) is 18.5 Å². The molecule has 12 heteroatoms. The molecule has 3 aromatic rings. The maximum atomic E-state index is 13.1. The Morgan fingerprint density at radius 2 is 1.38 bits per heavy atom. The van der Waals surface area contributed by atoms with Gasteiger partial charge in [-0.15, -0.1) is 0 Å². The lowest BCUT2D eigenvalue weighted by Gasteiger charge is -2.10. The van der Waals surface area contributed by atoms with Crippen molar-refractivity contribution in [3.63, 3.8) is 0 Å².